The van der Waals surface area contributed by atoms with Crippen LogP contribution in [0.4, 0.5) is 0 Å². The van der Waals surface area contributed by atoms with Crippen LogP contribution in [-0.4, -0.2) is 23.5 Å². The summed E-state index contributed by atoms with van der Waals surface area (Å²) < 4.78 is 0. The molecule has 2 rings (SSSR count). The predicted molar refractivity (Wildman–Crippen MR) is 77.5 cm³/mol. The lowest BCUT2D eigenvalue weighted by Crippen LogP contribution is -2.44. The maximum Gasteiger partial charge on any atom is 0.0499 e. The molecule has 0 spiro atoms. The number of likely N-dealkylation sites (tertiary alicyclic amines) is 1. The van der Waals surface area contributed by atoms with Crippen LogP contribution in [0.25, 0.3) is 0 Å². The highest BCUT2D eigenvalue weighted by Crippen LogP contribution is 2.29. The Labute approximate surface area is 111 Å². The van der Waals surface area contributed by atoms with Crippen LogP contribution < -0.4 is 5.73 Å². The zero-order chi connectivity index (χ0) is 13.0. The lowest BCUT2D eigenvalue weighted by atomic mass is 9.97. The van der Waals surface area contributed by atoms with E-state index in [4.69, 9.17) is 5.73 Å². The lowest BCUT2D eigenvalue weighted by molar-refractivity contribution is 0.130. The van der Waals surface area contributed by atoms with E-state index in [0.717, 1.165) is 0 Å². The molecule has 0 radical (unpaired) electrons. The van der Waals surface area contributed by atoms with Gasteiger partial charge in [0.25, 0.3) is 0 Å². The van der Waals surface area contributed by atoms with Crippen molar-refractivity contribution in [3.8, 4) is 0 Å². The minimum absolute atomic E-state index is 0.174. The molecule has 1 aliphatic heterocycles. The van der Waals surface area contributed by atoms with E-state index >= 15 is 0 Å². The van der Waals surface area contributed by atoms with Gasteiger partial charge in [-0.1, -0.05) is 43.2 Å². The van der Waals surface area contributed by atoms with Crippen molar-refractivity contribution in [2.75, 3.05) is 6.54 Å². The summed E-state index contributed by atoms with van der Waals surface area (Å²) in [6, 6.07) is 11.9. The second-order valence-corrected chi connectivity index (χ2v) is 5.65. The Hall–Kier alpha value is -0.860. The zero-order valence-corrected chi connectivity index (χ0v) is 11.7. The molecule has 2 nitrogen and oxygen atoms in total. The Morgan fingerprint density at radius 2 is 1.89 bits per heavy atom. The molecule has 1 saturated heterocycles. The van der Waals surface area contributed by atoms with Gasteiger partial charge in [0.05, 0.1) is 0 Å². The summed E-state index contributed by atoms with van der Waals surface area (Å²) in [5.74, 6) is 0. The summed E-state index contributed by atoms with van der Waals surface area (Å²) in [5, 5.41) is 0. The van der Waals surface area contributed by atoms with Gasteiger partial charge in [-0.05, 0) is 38.8 Å². The van der Waals surface area contributed by atoms with Crippen molar-refractivity contribution < 1.29 is 0 Å². The van der Waals surface area contributed by atoms with Crippen molar-refractivity contribution in [2.45, 2.75) is 57.7 Å². The molecule has 100 valence electrons. The Balaban J connectivity index is 2.23. The first-order valence-corrected chi connectivity index (χ1v) is 7.26. The molecule has 0 amide bonds. The Morgan fingerprint density at radius 1 is 1.17 bits per heavy atom. The first-order chi connectivity index (χ1) is 8.70. The van der Waals surface area contributed by atoms with Crippen LogP contribution in [0.5, 0.6) is 0 Å². The van der Waals surface area contributed by atoms with E-state index in [9.17, 15) is 0 Å². The third-order valence-corrected chi connectivity index (χ3v) is 4.10. The quantitative estimate of drug-likeness (QED) is 0.886. The highest BCUT2D eigenvalue weighted by atomic mass is 15.2. The monoisotopic (exact) mass is 246 g/mol. The number of rotatable bonds is 3. The summed E-state index contributed by atoms with van der Waals surface area (Å²) in [7, 11) is 0. The summed E-state index contributed by atoms with van der Waals surface area (Å²) >= 11 is 0. The van der Waals surface area contributed by atoms with Gasteiger partial charge in [0, 0.05) is 18.1 Å². The van der Waals surface area contributed by atoms with Gasteiger partial charge in [0.15, 0.2) is 0 Å². The zero-order valence-electron chi connectivity index (χ0n) is 11.7. The number of nitrogens with two attached hydrogens (primary N) is 1. The molecule has 3 unspecified atom stereocenters. The first-order valence-electron chi connectivity index (χ1n) is 7.26. The van der Waals surface area contributed by atoms with Gasteiger partial charge in [0.1, 0.15) is 0 Å². The molecular weight excluding hydrogens is 220 g/mol. The molecule has 1 aromatic rings. The highest BCUT2D eigenvalue weighted by molar-refractivity contribution is 5.20. The molecule has 2 N–H and O–H groups in total. The fourth-order valence-electron chi connectivity index (χ4n) is 3.16. The molecule has 0 aliphatic carbocycles. The molecule has 18 heavy (non-hydrogen) atoms. The minimum Gasteiger partial charge on any atom is -0.326 e. The third-order valence-electron chi connectivity index (χ3n) is 4.10. The fourth-order valence-corrected chi connectivity index (χ4v) is 3.16. The van der Waals surface area contributed by atoms with Crippen LogP contribution in [0, 0.1) is 0 Å². The van der Waals surface area contributed by atoms with Crippen molar-refractivity contribution in [1.29, 1.82) is 0 Å². The van der Waals surface area contributed by atoms with E-state index in [1.807, 2.05) is 0 Å². The summed E-state index contributed by atoms with van der Waals surface area (Å²) in [5.41, 5.74) is 7.63. The molecule has 1 heterocycles. The van der Waals surface area contributed by atoms with Crippen LogP contribution in [-0.2, 0) is 0 Å². The molecule has 1 fully saturated rings. The van der Waals surface area contributed by atoms with E-state index < -0.39 is 0 Å². The van der Waals surface area contributed by atoms with E-state index in [-0.39, 0.29) is 6.04 Å². The van der Waals surface area contributed by atoms with Gasteiger partial charge in [-0.25, -0.2) is 0 Å². The molecule has 3 atom stereocenters. The standard InChI is InChI=1S/C16H26N2/c1-13-9-5-4-8-12-18(13)16(14(2)17)15-10-6-3-7-11-15/h3,6-7,10-11,13-14,16H,4-5,8-9,12,17H2,1-2H3. The Morgan fingerprint density at radius 3 is 2.56 bits per heavy atom. The SMILES string of the molecule is CC(N)C(c1ccccc1)N1CCCCCC1C. The van der Waals surface area contributed by atoms with Gasteiger partial charge in [-0.2, -0.15) is 0 Å². The molecule has 0 saturated carbocycles. The minimum atomic E-state index is 0.174. The van der Waals surface area contributed by atoms with Crippen molar-refractivity contribution >= 4 is 0 Å². The van der Waals surface area contributed by atoms with Gasteiger partial charge in [-0.3, -0.25) is 4.90 Å². The number of hydrogen-bond donors (Lipinski definition) is 1. The van der Waals surface area contributed by atoms with Crippen LogP contribution in [0.1, 0.15) is 51.1 Å². The maximum atomic E-state index is 6.27. The average Bonchev–Trinajstić information content (AvgIpc) is 2.56. The summed E-state index contributed by atoms with van der Waals surface area (Å²) in [6.07, 6.45) is 5.33. The van der Waals surface area contributed by atoms with Gasteiger partial charge in [-0.15, -0.1) is 0 Å². The summed E-state index contributed by atoms with van der Waals surface area (Å²) in [4.78, 5) is 2.62. The molecule has 2 heteroatoms. The smallest absolute Gasteiger partial charge is 0.0499 e. The van der Waals surface area contributed by atoms with Gasteiger partial charge >= 0.3 is 0 Å². The fraction of sp³-hybridized carbons (Fsp3) is 0.625. The number of hydrogen-bond acceptors (Lipinski definition) is 2. The van der Waals surface area contributed by atoms with Crippen LogP contribution in [0.15, 0.2) is 30.3 Å². The normalized spacial score (nSPS) is 25.4. The van der Waals surface area contributed by atoms with Crippen molar-refractivity contribution in [3.05, 3.63) is 35.9 Å². The largest absolute Gasteiger partial charge is 0.326 e. The third kappa shape index (κ3) is 3.12. The second-order valence-electron chi connectivity index (χ2n) is 5.65. The van der Waals surface area contributed by atoms with Crippen molar-refractivity contribution in [2.24, 2.45) is 5.73 Å². The first kappa shape index (κ1) is 13.6. The molecule has 0 aromatic heterocycles. The van der Waals surface area contributed by atoms with Gasteiger partial charge < -0.3 is 5.73 Å². The highest BCUT2D eigenvalue weighted by Gasteiger charge is 2.28. The average molecular weight is 246 g/mol. The summed E-state index contributed by atoms with van der Waals surface area (Å²) in [6.45, 7) is 5.67. The van der Waals surface area contributed by atoms with E-state index in [1.54, 1.807) is 0 Å². The molecule has 1 aliphatic rings. The second kappa shape index (κ2) is 6.35. The number of benzene rings is 1. The van der Waals surface area contributed by atoms with Gasteiger partial charge in [0.2, 0.25) is 0 Å². The topological polar surface area (TPSA) is 29.3 Å². The Kier molecular flexibility index (Phi) is 4.79. The van der Waals surface area contributed by atoms with E-state index in [1.165, 1.54) is 37.8 Å². The lowest BCUT2D eigenvalue weighted by Gasteiger charge is -2.38. The van der Waals surface area contributed by atoms with Crippen LogP contribution in [0.2, 0.25) is 0 Å². The number of nitrogens with zero attached hydrogens (tertiary/aromatic N) is 1. The van der Waals surface area contributed by atoms with Crippen molar-refractivity contribution in [3.63, 3.8) is 0 Å². The van der Waals surface area contributed by atoms with Crippen LogP contribution >= 0.6 is 0 Å². The van der Waals surface area contributed by atoms with E-state index in [2.05, 4.69) is 49.1 Å². The Bertz CT molecular complexity index is 347. The van der Waals surface area contributed by atoms with Crippen LogP contribution in [0.3, 0.4) is 0 Å². The van der Waals surface area contributed by atoms with Crippen molar-refractivity contribution in [1.82, 2.24) is 4.90 Å². The predicted octanol–water partition coefficient (Wildman–Crippen LogP) is 3.34. The molecular formula is C16H26N2. The van der Waals surface area contributed by atoms with E-state index in [0.29, 0.717) is 12.1 Å². The maximum absolute atomic E-state index is 6.27. The molecule has 1 aromatic carbocycles. The molecule has 0 bridgehead atoms.